The third-order valence-electron chi connectivity index (χ3n) is 2.20. The number of nitrogens with two attached hydrogens (primary N) is 1. The van der Waals surface area contributed by atoms with E-state index in [2.05, 4.69) is 0 Å². The highest BCUT2D eigenvalue weighted by atomic mass is 16.3. The largest absolute Gasteiger partial charge is 0.504 e. The minimum Gasteiger partial charge on any atom is -0.504 e. The molecule has 2 aromatic carbocycles. The summed E-state index contributed by atoms with van der Waals surface area (Å²) in [5, 5.41) is 18.5. The van der Waals surface area contributed by atoms with Crippen LogP contribution in [0.25, 0.3) is 11.1 Å². The molecule has 3 heteroatoms. The number of rotatable bonds is 1. The summed E-state index contributed by atoms with van der Waals surface area (Å²) in [6, 6.07) is 12.0. The second-order valence-electron chi connectivity index (χ2n) is 3.33. The molecule has 76 valence electrons. The Bertz CT molecular complexity index is 495. The van der Waals surface area contributed by atoms with E-state index in [1.165, 1.54) is 12.1 Å². The van der Waals surface area contributed by atoms with Gasteiger partial charge >= 0.3 is 0 Å². The van der Waals surface area contributed by atoms with Crippen LogP contribution in [-0.4, -0.2) is 10.2 Å². The Kier molecular flexibility index (Phi) is 2.21. The molecule has 0 aliphatic heterocycles. The van der Waals surface area contributed by atoms with Crippen LogP contribution >= 0.6 is 0 Å². The minimum atomic E-state index is -0.130. The van der Waals surface area contributed by atoms with Crippen molar-refractivity contribution in [1.82, 2.24) is 0 Å². The van der Waals surface area contributed by atoms with Crippen LogP contribution in [0.4, 0.5) is 5.69 Å². The molecule has 3 nitrogen and oxygen atoms in total. The van der Waals surface area contributed by atoms with Gasteiger partial charge in [-0.05, 0) is 35.4 Å². The van der Waals surface area contributed by atoms with E-state index in [1.807, 2.05) is 18.2 Å². The molecule has 2 aromatic rings. The summed E-state index contributed by atoms with van der Waals surface area (Å²) in [6.07, 6.45) is 0. The predicted octanol–water partition coefficient (Wildman–Crippen LogP) is 2.35. The second-order valence-corrected chi connectivity index (χ2v) is 3.33. The van der Waals surface area contributed by atoms with E-state index in [0.717, 1.165) is 11.1 Å². The zero-order chi connectivity index (χ0) is 10.8. The standard InChI is InChI=1S/C12H11NO2/c13-10-3-1-2-8(6-10)9-4-5-11(14)12(15)7-9/h1-7,14-15H,13H2. The quantitative estimate of drug-likeness (QED) is 0.490. The smallest absolute Gasteiger partial charge is 0.158 e. The van der Waals surface area contributed by atoms with Gasteiger partial charge in [0, 0.05) is 5.69 Å². The molecule has 4 N–H and O–H groups in total. The highest BCUT2D eigenvalue weighted by Gasteiger charge is 2.02. The monoisotopic (exact) mass is 201 g/mol. The molecule has 0 aliphatic carbocycles. The van der Waals surface area contributed by atoms with Gasteiger partial charge in [0.2, 0.25) is 0 Å². The number of nitrogen functional groups attached to an aromatic ring is 1. The zero-order valence-electron chi connectivity index (χ0n) is 8.01. The highest BCUT2D eigenvalue weighted by Crippen LogP contribution is 2.30. The lowest BCUT2D eigenvalue weighted by Gasteiger charge is -2.04. The molecule has 0 saturated heterocycles. The summed E-state index contributed by atoms with van der Waals surface area (Å²) in [5.74, 6) is -0.252. The van der Waals surface area contributed by atoms with Gasteiger partial charge in [-0.1, -0.05) is 18.2 Å². The topological polar surface area (TPSA) is 66.5 Å². The van der Waals surface area contributed by atoms with E-state index < -0.39 is 0 Å². The van der Waals surface area contributed by atoms with Crippen LogP contribution in [0.1, 0.15) is 0 Å². The maximum atomic E-state index is 9.35. The van der Waals surface area contributed by atoms with Gasteiger partial charge in [-0.25, -0.2) is 0 Å². The van der Waals surface area contributed by atoms with Crippen LogP contribution in [0.15, 0.2) is 42.5 Å². The van der Waals surface area contributed by atoms with Gasteiger partial charge in [0.05, 0.1) is 0 Å². The normalized spacial score (nSPS) is 10.1. The lowest BCUT2D eigenvalue weighted by Crippen LogP contribution is -1.84. The Balaban J connectivity index is 2.50. The number of benzene rings is 2. The summed E-state index contributed by atoms with van der Waals surface area (Å²) in [7, 11) is 0. The molecule has 0 unspecified atom stereocenters. The van der Waals surface area contributed by atoms with E-state index in [0.29, 0.717) is 5.69 Å². The van der Waals surface area contributed by atoms with Crippen molar-refractivity contribution < 1.29 is 10.2 Å². The van der Waals surface area contributed by atoms with Gasteiger partial charge in [0.25, 0.3) is 0 Å². The molecule has 0 spiro atoms. The van der Waals surface area contributed by atoms with Gasteiger partial charge in [0.1, 0.15) is 0 Å². The number of anilines is 1. The zero-order valence-corrected chi connectivity index (χ0v) is 8.01. The first-order chi connectivity index (χ1) is 7.16. The molecule has 0 aromatic heterocycles. The lowest BCUT2D eigenvalue weighted by molar-refractivity contribution is 0.404. The van der Waals surface area contributed by atoms with Crippen molar-refractivity contribution in [3.8, 4) is 22.6 Å². The van der Waals surface area contributed by atoms with Gasteiger partial charge < -0.3 is 15.9 Å². The molecule has 0 radical (unpaired) electrons. The lowest BCUT2D eigenvalue weighted by atomic mass is 10.0. The Morgan fingerprint density at radius 3 is 2.20 bits per heavy atom. The van der Waals surface area contributed by atoms with E-state index >= 15 is 0 Å². The molecule has 0 atom stereocenters. The van der Waals surface area contributed by atoms with Crippen LogP contribution in [0.3, 0.4) is 0 Å². The fraction of sp³-hybridized carbons (Fsp3) is 0. The fourth-order valence-corrected chi connectivity index (χ4v) is 1.42. The molecule has 15 heavy (non-hydrogen) atoms. The first-order valence-electron chi connectivity index (χ1n) is 4.55. The third kappa shape index (κ3) is 1.86. The number of aromatic hydroxyl groups is 2. The van der Waals surface area contributed by atoms with E-state index in [1.54, 1.807) is 12.1 Å². The summed E-state index contributed by atoms with van der Waals surface area (Å²) in [4.78, 5) is 0. The highest BCUT2D eigenvalue weighted by molar-refractivity contribution is 5.69. The second kappa shape index (κ2) is 3.53. The van der Waals surface area contributed by atoms with Crippen molar-refractivity contribution in [2.75, 3.05) is 5.73 Å². The van der Waals surface area contributed by atoms with Crippen LogP contribution in [0.5, 0.6) is 11.5 Å². The average Bonchev–Trinajstić information content (AvgIpc) is 2.22. The maximum absolute atomic E-state index is 9.35. The molecule has 0 saturated carbocycles. The van der Waals surface area contributed by atoms with Crippen LogP contribution in [-0.2, 0) is 0 Å². The molecule has 0 aliphatic rings. The molecule has 0 fully saturated rings. The Labute approximate surface area is 87.4 Å². The van der Waals surface area contributed by atoms with Crippen LogP contribution < -0.4 is 5.73 Å². The van der Waals surface area contributed by atoms with Crippen molar-refractivity contribution in [2.24, 2.45) is 0 Å². The Morgan fingerprint density at radius 2 is 1.53 bits per heavy atom. The molecule has 0 amide bonds. The van der Waals surface area contributed by atoms with Crippen molar-refractivity contribution >= 4 is 5.69 Å². The van der Waals surface area contributed by atoms with Crippen LogP contribution in [0.2, 0.25) is 0 Å². The maximum Gasteiger partial charge on any atom is 0.158 e. The molecular formula is C12H11NO2. The minimum absolute atomic E-state index is 0.123. The van der Waals surface area contributed by atoms with Crippen LogP contribution in [0, 0.1) is 0 Å². The molecule has 0 bridgehead atoms. The van der Waals surface area contributed by atoms with Crippen molar-refractivity contribution in [1.29, 1.82) is 0 Å². The summed E-state index contributed by atoms with van der Waals surface area (Å²) >= 11 is 0. The number of phenols is 2. The van der Waals surface area contributed by atoms with Gasteiger partial charge in [-0.3, -0.25) is 0 Å². The third-order valence-corrected chi connectivity index (χ3v) is 2.20. The van der Waals surface area contributed by atoms with E-state index in [9.17, 15) is 10.2 Å². The van der Waals surface area contributed by atoms with Gasteiger partial charge in [0.15, 0.2) is 11.5 Å². The summed E-state index contributed by atoms with van der Waals surface area (Å²) in [5.41, 5.74) is 8.04. The van der Waals surface area contributed by atoms with Gasteiger partial charge in [-0.15, -0.1) is 0 Å². The average molecular weight is 201 g/mol. The number of hydrogen-bond acceptors (Lipinski definition) is 3. The summed E-state index contributed by atoms with van der Waals surface area (Å²) < 4.78 is 0. The van der Waals surface area contributed by atoms with Crippen molar-refractivity contribution in [2.45, 2.75) is 0 Å². The van der Waals surface area contributed by atoms with E-state index in [4.69, 9.17) is 5.73 Å². The van der Waals surface area contributed by atoms with E-state index in [-0.39, 0.29) is 11.5 Å². The number of hydrogen-bond donors (Lipinski definition) is 3. The summed E-state index contributed by atoms with van der Waals surface area (Å²) in [6.45, 7) is 0. The number of phenolic OH excluding ortho intramolecular Hbond substituents is 2. The first-order valence-corrected chi connectivity index (χ1v) is 4.55. The Hall–Kier alpha value is -2.16. The molecule has 0 heterocycles. The van der Waals surface area contributed by atoms with Gasteiger partial charge in [-0.2, -0.15) is 0 Å². The van der Waals surface area contributed by atoms with Crippen molar-refractivity contribution in [3.63, 3.8) is 0 Å². The Morgan fingerprint density at radius 1 is 0.800 bits per heavy atom. The molecule has 2 rings (SSSR count). The van der Waals surface area contributed by atoms with Crippen molar-refractivity contribution in [3.05, 3.63) is 42.5 Å². The predicted molar refractivity (Wildman–Crippen MR) is 59.6 cm³/mol. The fourth-order valence-electron chi connectivity index (χ4n) is 1.42. The molecular weight excluding hydrogens is 190 g/mol. The SMILES string of the molecule is Nc1cccc(-c2ccc(O)c(O)c2)c1. The first kappa shape index (κ1) is 9.40.